The first-order valence-corrected chi connectivity index (χ1v) is 10.6. The fourth-order valence-electron chi connectivity index (χ4n) is 3.02. The van der Waals surface area contributed by atoms with Crippen LogP contribution in [0.4, 0.5) is 0 Å². The van der Waals surface area contributed by atoms with Gasteiger partial charge in [0.05, 0.1) is 26.0 Å². The molecule has 6 nitrogen and oxygen atoms in total. The number of methoxy groups -OCH3 is 1. The normalized spacial score (nSPS) is 12.8. The Labute approximate surface area is 161 Å². The molecule has 27 heavy (non-hydrogen) atoms. The van der Waals surface area contributed by atoms with Gasteiger partial charge in [-0.15, -0.1) is 0 Å². The topological polar surface area (TPSA) is 77.9 Å². The van der Waals surface area contributed by atoms with Crippen molar-refractivity contribution in [3.8, 4) is 22.6 Å². The summed E-state index contributed by atoms with van der Waals surface area (Å²) in [5, 5.41) is 10.0. The second kappa shape index (κ2) is 8.87. The first-order chi connectivity index (χ1) is 12.8. The number of aromatic hydroxyl groups is 1. The van der Waals surface area contributed by atoms with E-state index in [0.29, 0.717) is 24.7 Å². The molecule has 1 heterocycles. The van der Waals surface area contributed by atoms with Crippen molar-refractivity contribution in [1.29, 1.82) is 0 Å². The SMILES string of the molecule is CCOP(=O)(OCC)C(C)c1ncc(-c2cc(C)c(O)c(OC)c2)cc1C. The van der Waals surface area contributed by atoms with E-state index in [0.717, 1.165) is 22.3 Å². The highest BCUT2D eigenvalue weighted by Crippen LogP contribution is 2.60. The highest BCUT2D eigenvalue weighted by atomic mass is 31.2. The smallest absolute Gasteiger partial charge is 0.339 e. The maximum Gasteiger partial charge on any atom is 0.339 e. The van der Waals surface area contributed by atoms with Crippen LogP contribution < -0.4 is 4.74 Å². The van der Waals surface area contributed by atoms with Gasteiger partial charge in [-0.3, -0.25) is 9.55 Å². The van der Waals surface area contributed by atoms with E-state index in [1.165, 1.54) is 7.11 Å². The van der Waals surface area contributed by atoms with Gasteiger partial charge in [-0.05, 0) is 69.5 Å². The minimum atomic E-state index is -3.29. The Bertz CT molecular complexity index is 843. The first kappa shape index (κ1) is 21.4. The van der Waals surface area contributed by atoms with Crippen molar-refractivity contribution in [2.45, 2.75) is 40.3 Å². The fraction of sp³-hybridized carbons (Fsp3) is 0.450. The number of pyridine rings is 1. The fourth-order valence-corrected chi connectivity index (χ4v) is 4.83. The van der Waals surface area contributed by atoms with E-state index in [1.54, 1.807) is 26.1 Å². The molecular formula is C20H28NO5P. The van der Waals surface area contributed by atoms with Gasteiger partial charge in [-0.25, -0.2) is 0 Å². The predicted molar refractivity (Wildman–Crippen MR) is 107 cm³/mol. The summed E-state index contributed by atoms with van der Waals surface area (Å²) in [6.45, 7) is 9.77. The molecule has 2 rings (SSSR count). The maximum absolute atomic E-state index is 13.1. The van der Waals surface area contributed by atoms with Crippen LogP contribution in [0.25, 0.3) is 11.1 Å². The Hall–Kier alpha value is -1.88. The van der Waals surface area contributed by atoms with Gasteiger partial charge in [0, 0.05) is 11.8 Å². The molecule has 1 N–H and O–H groups in total. The number of rotatable bonds is 8. The predicted octanol–water partition coefficient (Wildman–Crippen LogP) is 5.41. The first-order valence-electron chi connectivity index (χ1n) is 9.00. The minimum absolute atomic E-state index is 0.130. The van der Waals surface area contributed by atoms with E-state index in [2.05, 4.69) is 4.98 Å². The van der Waals surface area contributed by atoms with Gasteiger partial charge < -0.3 is 18.9 Å². The van der Waals surface area contributed by atoms with Crippen molar-refractivity contribution >= 4 is 7.60 Å². The van der Waals surface area contributed by atoms with Crippen molar-refractivity contribution < 1.29 is 23.5 Å². The lowest BCUT2D eigenvalue weighted by atomic mass is 10.0. The second-order valence-electron chi connectivity index (χ2n) is 6.32. The lowest BCUT2D eigenvalue weighted by Gasteiger charge is -2.24. The molecule has 1 atom stereocenters. The summed E-state index contributed by atoms with van der Waals surface area (Å²) >= 11 is 0. The third kappa shape index (κ3) is 4.52. The van der Waals surface area contributed by atoms with Crippen LogP contribution >= 0.6 is 7.60 Å². The van der Waals surface area contributed by atoms with Crippen LogP contribution in [-0.2, 0) is 13.6 Å². The molecular weight excluding hydrogens is 365 g/mol. The number of nitrogens with zero attached hydrogens (tertiary/aromatic N) is 1. The van der Waals surface area contributed by atoms with Crippen LogP contribution in [0.2, 0.25) is 0 Å². The summed E-state index contributed by atoms with van der Waals surface area (Å²) < 4.78 is 29.2. The number of phenolic OH excluding ortho intramolecular Hbond substituents is 1. The summed E-state index contributed by atoms with van der Waals surface area (Å²) in [6, 6.07) is 5.63. The quantitative estimate of drug-likeness (QED) is 0.605. The lowest BCUT2D eigenvalue weighted by molar-refractivity contribution is 0.213. The van der Waals surface area contributed by atoms with E-state index in [1.807, 2.05) is 32.9 Å². The molecule has 0 fully saturated rings. The van der Waals surface area contributed by atoms with E-state index >= 15 is 0 Å². The monoisotopic (exact) mass is 393 g/mol. The van der Waals surface area contributed by atoms with Gasteiger partial charge in [0.2, 0.25) is 0 Å². The van der Waals surface area contributed by atoms with Crippen molar-refractivity contribution in [3.63, 3.8) is 0 Å². The standard InChI is InChI=1S/C20H28NO5P/c1-7-25-27(23,26-8-2)15(5)19-13(3)9-17(12-21-19)16-10-14(4)20(22)18(11-16)24-6/h9-12,15,22H,7-8H2,1-6H3. The van der Waals surface area contributed by atoms with Crippen LogP contribution in [0.5, 0.6) is 11.5 Å². The molecule has 1 aromatic carbocycles. The van der Waals surface area contributed by atoms with Crippen LogP contribution in [-0.4, -0.2) is 30.4 Å². The number of aryl methyl sites for hydroxylation is 2. The zero-order chi connectivity index (χ0) is 20.2. The Morgan fingerprint density at radius 3 is 2.19 bits per heavy atom. The summed E-state index contributed by atoms with van der Waals surface area (Å²) in [7, 11) is -1.77. The summed E-state index contributed by atoms with van der Waals surface area (Å²) in [5.74, 6) is 0.544. The molecule has 0 saturated heterocycles. The molecule has 1 unspecified atom stereocenters. The molecule has 1 aromatic heterocycles. The molecule has 0 aliphatic heterocycles. The van der Waals surface area contributed by atoms with Gasteiger partial charge in [0.25, 0.3) is 0 Å². The van der Waals surface area contributed by atoms with Crippen LogP contribution in [0, 0.1) is 13.8 Å². The van der Waals surface area contributed by atoms with Crippen LogP contribution in [0.3, 0.4) is 0 Å². The zero-order valence-corrected chi connectivity index (χ0v) is 17.7. The molecule has 148 valence electrons. The lowest BCUT2D eigenvalue weighted by Crippen LogP contribution is -2.07. The molecule has 0 radical (unpaired) electrons. The van der Waals surface area contributed by atoms with Crippen molar-refractivity contribution in [1.82, 2.24) is 4.98 Å². The minimum Gasteiger partial charge on any atom is -0.504 e. The average Bonchev–Trinajstić information content (AvgIpc) is 2.63. The highest BCUT2D eigenvalue weighted by molar-refractivity contribution is 7.54. The van der Waals surface area contributed by atoms with Crippen molar-refractivity contribution in [2.75, 3.05) is 20.3 Å². The molecule has 0 spiro atoms. The number of aromatic nitrogens is 1. The molecule has 0 aliphatic rings. The maximum atomic E-state index is 13.1. The number of hydrogen-bond donors (Lipinski definition) is 1. The van der Waals surface area contributed by atoms with Gasteiger partial charge in [-0.1, -0.05) is 0 Å². The van der Waals surface area contributed by atoms with Crippen LogP contribution in [0.1, 0.15) is 43.3 Å². The number of ether oxygens (including phenoxy) is 1. The van der Waals surface area contributed by atoms with Crippen molar-refractivity contribution in [3.05, 3.63) is 41.2 Å². The molecule has 0 saturated carbocycles. The Morgan fingerprint density at radius 1 is 1.07 bits per heavy atom. The number of benzene rings is 1. The second-order valence-corrected chi connectivity index (χ2v) is 8.69. The van der Waals surface area contributed by atoms with E-state index in [4.69, 9.17) is 13.8 Å². The van der Waals surface area contributed by atoms with E-state index < -0.39 is 13.3 Å². The van der Waals surface area contributed by atoms with Gasteiger partial charge in [0.1, 0.15) is 5.66 Å². The van der Waals surface area contributed by atoms with Crippen molar-refractivity contribution in [2.24, 2.45) is 0 Å². The molecule has 0 amide bonds. The summed E-state index contributed by atoms with van der Waals surface area (Å²) in [6.07, 6.45) is 1.73. The third-order valence-corrected chi connectivity index (χ3v) is 6.86. The van der Waals surface area contributed by atoms with Crippen LogP contribution in [0.15, 0.2) is 24.4 Å². The molecule has 0 bridgehead atoms. The summed E-state index contributed by atoms with van der Waals surface area (Å²) in [5.41, 5.74) is 3.59. The number of phenols is 1. The third-order valence-electron chi connectivity index (χ3n) is 4.43. The molecule has 7 heteroatoms. The summed E-state index contributed by atoms with van der Waals surface area (Å²) in [4.78, 5) is 4.56. The average molecular weight is 393 g/mol. The van der Waals surface area contributed by atoms with Gasteiger partial charge in [-0.2, -0.15) is 0 Å². The number of hydrogen-bond acceptors (Lipinski definition) is 6. The molecule has 0 aliphatic carbocycles. The zero-order valence-electron chi connectivity index (χ0n) is 16.8. The largest absolute Gasteiger partial charge is 0.504 e. The van der Waals surface area contributed by atoms with E-state index in [9.17, 15) is 9.67 Å². The Kier molecular flexibility index (Phi) is 7.04. The van der Waals surface area contributed by atoms with Gasteiger partial charge in [0.15, 0.2) is 11.5 Å². The molecule has 2 aromatic rings. The Morgan fingerprint density at radius 2 is 1.67 bits per heavy atom. The van der Waals surface area contributed by atoms with E-state index in [-0.39, 0.29) is 5.75 Å². The Balaban J connectivity index is 2.44. The highest BCUT2D eigenvalue weighted by Gasteiger charge is 2.35. The van der Waals surface area contributed by atoms with Gasteiger partial charge >= 0.3 is 7.60 Å².